The van der Waals surface area contributed by atoms with E-state index < -0.39 is 0 Å². The lowest BCUT2D eigenvalue weighted by Gasteiger charge is -2.13. The van der Waals surface area contributed by atoms with Gasteiger partial charge in [-0.15, -0.1) is 11.3 Å². The van der Waals surface area contributed by atoms with Crippen LogP contribution in [0, 0.1) is 6.92 Å². The molecule has 0 amide bonds. The number of nitrogens with one attached hydrogen (secondary N) is 1. The van der Waals surface area contributed by atoms with Crippen LogP contribution >= 0.6 is 11.3 Å². The van der Waals surface area contributed by atoms with Crippen LogP contribution in [0.1, 0.15) is 10.4 Å². The standard InChI is InChI=1S/C16H18N4S/c1-11-8-14-15(18-10-19-16(14)21-11)17-9-12-4-6-13(7-5-12)20(2)3/h4-8,10H,9H2,1-3H3,(H,17,18,19). The van der Waals surface area contributed by atoms with E-state index in [-0.39, 0.29) is 0 Å². The zero-order valence-electron chi connectivity index (χ0n) is 12.4. The van der Waals surface area contributed by atoms with E-state index in [1.54, 1.807) is 17.7 Å². The summed E-state index contributed by atoms with van der Waals surface area (Å²) in [6.07, 6.45) is 1.62. The first-order valence-electron chi connectivity index (χ1n) is 6.85. The van der Waals surface area contributed by atoms with Crippen molar-refractivity contribution in [1.29, 1.82) is 0 Å². The van der Waals surface area contributed by atoms with Crippen LogP contribution in [0.5, 0.6) is 0 Å². The number of hydrogen-bond donors (Lipinski definition) is 1. The van der Waals surface area contributed by atoms with Crippen LogP contribution in [0.3, 0.4) is 0 Å². The fraction of sp³-hybridized carbons (Fsp3) is 0.250. The third-order valence-corrected chi connectivity index (χ3v) is 4.32. The zero-order valence-corrected chi connectivity index (χ0v) is 13.2. The topological polar surface area (TPSA) is 41.0 Å². The highest BCUT2D eigenvalue weighted by Gasteiger charge is 2.06. The summed E-state index contributed by atoms with van der Waals surface area (Å²) in [6, 6.07) is 10.7. The van der Waals surface area contributed by atoms with Crippen molar-refractivity contribution in [2.75, 3.05) is 24.3 Å². The Bertz CT molecular complexity index is 747. The summed E-state index contributed by atoms with van der Waals surface area (Å²) in [6.45, 7) is 2.85. The van der Waals surface area contributed by atoms with Crippen LogP contribution in [0.15, 0.2) is 36.7 Å². The fourth-order valence-electron chi connectivity index (χ4n) is 2.21. The largest absolute Gasteiger partial charge is 0.378 e. The van der Waals surface area contributed by atoms with E-state index in [2.05, 4.69) is 57.4 Å². The average Bonchev–Trinajstić information content (AvgIpc) is 2.86. The van der Waals surface area contributed by atoms with Gasteiger partial charge in [0.2, 0.25) is 0 Å². The van der Waals surface area contributed by atoms with Gasteiger partial charge in [0, 0.05) is 31.2 Å². The van der Waals surface area contributed by atoms with E-state index in [1.807, 2.05) is 14.1 Å². The second kappa shape index (κ2) is 5.69. The van der Waals surface area contributed by atoms with Crippen LogP contribution in [0.25, 0.3) is 10.2 Å². The number of aryl methyl sites for hydroxylation is 1. The molecule has 21 heavy (non-hydrogen) atoms. The van der Waals surface area contributed by atoms with E-state index >= 15 is 0 Å². The lowest BCUT2D eigenvalue weighted by molar-refractivity contribution is 1.09. The molecule has 0 aliphatic heterocycles. The molecule has 5 heteroatoms. The Kier molecular flexibility index (Phi) is 3.75. The number of hydrogen-bond acceptors (Lipinski definition) is 5. The van der Waals surface area contributed by atoms with E-state index in [9.17, 15) is 0 Å². The number of benzene rings is 1. The molecule has 0 aliphatic carbocycles. The molecule has 3 rings (SSSR count). The highest BCUT2D eigenvalue weighted by molar-refractivity contribution is 7.18. The second-order valence-corrected chi connectivity index (χ2v) is 6.45. The summed E-state index contributed by atoms with van der Waals surface area (Å²) < 4.78 is 0. The van der Waals surface area contributed by atoms with Crippen molar-refractivity contribution in [2.45, 2.75) is 13.5 Å². The van der Waals surface area contributed by atoms with Crippen molar-refractivity contribution in [3.8, 4) is 0 Å². The molecule has 0 unspecified atom stereocenters. The predicted molar refractivity (Wildman–Crippen MR) is 90.2 cm³/mol. The second-order valence-electron chi connectivity index (χ2n) is 5.21. The van der Waals surface area contributed by atoms with Gasteiger partial charge in [0.15, 0.2) is 0 Å². The molecule has 0 saturated carbocycles. The lowest BCUT2D eigenvalue weighted by Crippen LogP contribution is -2.08. The highest BCUT2D eigenvalue weighted by Crippen LogP contribution is 2.27. The third-order valence-electron chi connectivity index (χ3n) is 3.37. The molecule has 4 nitrogen and oxygen atoms in total. The third kappa shape index (κ3) is 2.97. The van der Waals surface area contributed by atoms with Gasteiger partial charge in [0.05, 0.1) is 5.39 Å². The summed E-state index contributed by atoms with van der Waals surface area (Å²) in [4.78, 5) is 13.1. The van der Waals surface area contributed by atoms with Gasteiger partial charge in [0.25, 0.3) is 0 Å². The summed E-state index contributed by atoms with van der Waals surface area (Å²) in [5, 5.41) is 4.51. The van der Waals surface area contributed by atoms with Gasteiger partial charge < -0.3 is 10.2 Å². The predicted octanol–water partition coefficient (Wildman–Crippen LogP) is 3.68. The van der Waals surface area contributed by atoms with Crippen molar-refractivity contribution < 1.29 is 0 Å². The molecule has 0 spiro atoms. The van der Waals surface area contributed by atoms with Gasteiger partial charge >= 0.3 is 0 Å². The Morgan fingerprint density at radius 2 is 1.90 bits per heavy atom. The molecule has 108 valence electrons. The number of thiophene rings is 1. The smallest absolute Gasteiger partial charge is 0.138 e. The number of rotatable bonds is 4. The molecule has 1 aromatic carbocycles. The van der Waals surface area contributed by atoms with Crippen LogP contribution in [0.2, 0.25) is 0 Å². The summed E-state index contributed by atoms with van der Waals surface area (Å²) in [7, 11) is 4.09. The molecule has 2 aromatic heterocycles. The van der Waals surface area contributed by atoms with Crippen molar-refractivity contribution in [2.24, 2.45) is 0 Å². The van der Waals surface area contributed by atoms with Crippen molar-refractivity contribution >= 4 is 33.1 Å². The number of aromatic nitrogens is 2. The Balaban J connectivity index is 1.77. The molecule has 0 saturated heterocycles. The fourth-order valence-corrected chi connectivity index (χ4v) is 3.06. The van der Waals surface area contributed by atoms with Gasteiger partial charge in [-0.25, -0.2) is 9.97 Å². The quantitative estimate of drug-likeness (QED) is 0.798. The molecule has 0 aliphatic rings. The van der Waals surface area contributed by atoms with Crippen LogP contribution in [-0.2, 0) is 6.54 Å². The van der Waals surface area contributed by atoms with Gasteiger partial charge in [-0.05, 0) is 30.7 Å². The molecule has 0 bridgehead atoms. The molecular weight excluding hydrogens is 280 g/mol. The van der Waals surface area contributed by atoms with E-state index in [0.717, 1.165) is 22.6 Å². The van der Waals surface area contributed by atoms with Gasteiger partial charge in [0.1, 0.15) is 17.0 Å². The monoisotopic (exact) mass is 298 g/mol. The first-order chi connectivity index (χ1) is 10.1. The molecule has 0 atom stereocenters. The van der Waals surface area contributed by atoms with E-state index in [1.165, 1.54) is 16.1 Å². The van der Waals surface area contributed by atoms with E-state index in [4.69, 9.17) is 0 Å². The first kappa shape index (κ1) is 13.8. The molecule has 0 fully saturated rings. The minimum Gasteiger partial charge on any atom is -0.378 e. The van der Waals surface area contributed by atoms with Gasteiger partial charge in [-0.2, -0.15) is 0 Å². The molecule has 0 radical (unpaired) electrons. The number of nitrogens with zero attached hydrogens (tertiary/aromatic N) is 3. The maximum atomic E-state index is 4.36. The Morgan fingerprint density at radius 3 is 2.62 bits per heavy atom. The highest BCUT2D eigenvalue weighted by atomic mass is 32.1. The molecule has 2 heterocycles. The zero-order chi connectivity index (χ0) is 14.8. The van der Waals surface area contributed by atoms with Crippen LogP contribution < -0.4 is 10.2 Å². The Morgan fingerprint density at radius 1 is 1.14 bits per heavy atom. The summed E-state index contributed by atoms with van der Waals surface area (Å²) >= 11 is 1.70. The van der Waals surface area contributed by atoms with Crippen molar-refractivity contribution in [1.82, 2.24) is 9.97 Å². The van der Waals surface area contributed by atoms with Crippen molar-refractivity contribution in [3.05, 3.63) is 47.1 Å². The molecule has 1 N–H and O–H groups in total. The van der Waals surface area contributed by atoms with E-state index in [0.29, 0.717) is 0 Å². The SMILES string of the molecule is Cc1cc2c(NCc3ccc(N(C)C)cc3)ncnc2s1. The van der Waals surface area contributed by atoms with Crippen LogP contribution in [0.4, 0.5) is 11.5 Å². The average molecular weight is 298 g/mol. The number of fused-ring (bicyclic) bond motifs is 1. The molecular formula is C16H18N4S. The van der Waals surface area contributed by atoms with Gasteiger partial charge in [-0.1, -0.05) is 12.1 Å². The minimum absolute atomic E-state index is 0.759. The number of anilines is 2. The normalized spacial score (nSPS) is 10.8. The summed E-state index contributed by atoms with van der Waals surface area (Å²) in [5.74, 6) is 0.904. The maximum Gasteiger partial charge on any atom is 0.138 e. The minimum atomic E-state index is 0.759. The molecule has 3 aromatic rings. The van der Waals surface area contributed by atoms with Gasteiger partial charge in [-0.3, -0.25) is 0 Å². The van der Waals surface area contributed by atoms with Crippen LogP contribution in [-0.4, -0.2) is 24.1 Å². The Labute approximate surface area is 128 Å². The Hall–Kier alpha value is -2.14. The summed E-state index contributed by atoms with van der Waals surface area (Å²) in [5.41, 5.74) is 2.44. The first-order valence-corrected chi connectivity index (χ1v) is 7.66. The lowest BCUT2D eigenvalue weighted by atomic mass is 10.2. The maximum absolute atomic E-state index is 4.36. The van der Waals surface area contributed by atoms with Crippen molar-refractivity contribution in [3.63, 3.8) is 0 Å².